The Bertz CT molecular complexity index is 539. The number of aliphatic hydroxyl groups is 1. The maximum absolute atomic E-state index is 10.1. The molecule has 0 aromatic carbocycles. The summed E-state index contributed by atoms with van der Waals surface area (Å²) in [5, 5.41) is 14.5. The highest BCUT2D eigenvalue weighted by Crippen LogP contribution is 2.18. The van der Waals surface area contributed by atoms with Gasteiger partial charge in [-0.25, -0.2) is 9.97 Å². The van der Waals surface area contributed by atoms with Crippen LogP contribution in [0.3, 0.4) is 0 Å². The van der Waals surface area contributed by atoms with E-state index in [1.807, 2.05) is 16.9 Å². The number of aliphatic hydroxyl groups excluding tert-OH is 1. The number of aromatic nitrogens is 4. The Balaban J connectivity index is 2.08. The largest absolute Gasteiger partial charge is 0.481 e. The molecule has 0 saturated heterocycles. The van der Waals surface area contributed by atoms with E-state index in [0.29, 0.717) is 24.0 Å². The Morgan fingerprint density at radius 2 is 2.16 bits per heavy atom. The quantitative estimate of drug-likeness (QED) is 0.884. The maximum Gasteiger partial charge on any atom is 0.216 e. The predicted molar refractivity (Wildman–Crippen MR) is 69.9 cm³/mol. The molecule has 0 bridgehead atoms. The fourth-order valence-electron chi connectivity index (χ4n) is 1.72. The summed E-state index contributed by atoms with van der Waals surface area (Å²) in [6.07, 6.45) is 2.99. The molecule has 0 saturated carbocycles. The molecule has 2 heterocycles. The summed E-state index contributed by atoms with van der Waals surface area (Å²) < 4.78 is 6.87. The Kier molecular flexibility index (Phi) is 4.11. The highest BCUT2D eigenvalue weighted by Gasteiger charge is 2.13. The van der Waals surface area contributed by atoms with Crippen LogP contribution in [0.15, 0.2) is 24.7 Å². The second-order valence-electron chi connectivity index (χ2n) is 4.59. The van der Waals surface area contributed by atoms with Crippen LogP contribution in [0.4, 0.5) is 0 Å². The fraction of sp³-hybridized carbons (Fsp3) is 0.462. The molecule has 0 amide bonds. The van der Waals surface area contributed by atoms with E-state index in [4.69, 9.17) is 4.74 Å². The number of hydrogen-bond acceptors (Lipinski definition) is 5. The summed E-state index contributed by atoms with van der Waals surface area (Å²) >= 11 is 0. The van der Waals surface area contributed by atoms with Gasteiger partial charge in [0.1, 0.15) is 12.4 Å². The van der Waals surface area contributed by atoms with Crippen molar-refractivity contribution in [2.75, 3.05) is 7.11 Å². The van der Waals surface area contributed by atoms with Gasteiger partial charge in [0.2, 0.25) is 5.88 Å². The molecular weight excluding hydrogens is 244 g/mol. The third-order valence-electron chi connectivity index (χ3n) is 2.81. The lowest BCUT2D eigenvalue weighted by atomic mass is 10.1. The SMILES string of the molecule is COc1cc(C(O)Cc2ccn(C(C)C)n2)ncn1. The summed E-state index contributed by atoms with van der Waals surface area (Å²) in [6.45, 7) is 4.12. The third kappa shape index (κ3) is 3.29. The van der Waals surface area contributed by atoms with Crippen LogP contribution >= 0.6 is 0 Å². The summed E-state index contributed by atoms with van der Waals surface area (Å²) in [4.78, 5) is 7.96. The van der Waals surface area contributed by atoms with E-state index in [1.165, 1.54) is 13.4 Å². The number of nitrogens with zero attached hydrogens (tertiary/aromatic N) is 4. The summed E-state index contributed by atoms with van der Waals surface area (Å²) in [5.74, 6) is 0.441. The molecule has 2 aromatic rings. The summed E-state index contributed by atoms with van der Waals surface area (Å²) in [7, 11) is 1.53. The van der Waals surface area contributed by atoms with Crippen LogP contribution in [0.25, 0.3) is 0 Å². The summed E-state index contributed by atoms with van der Waals surface area (Å²) in [6, 6.07) is 3.84. The molecule has 6 heteroatoms. The van der Waals surface area contributed by atoms with Crippen molar-refractivity contribution < 1.29 is 9.84 Å². The average molecular weight is 262 g/mol. The van der Waals surface area contributed by atoms with Crippen molar-refractivity contribution in [2.24, 2.45) is 0 Å². The van der Waals surface area contributed by atoms with Gasteiger partial charge in [0, 0.05) is 24.7 Å². The van der Waals surface area contributed by atoms with Gasteiger partial charge in [0.05, 0.1) is 18.5 Å². The first-order valence-electron chi connectivity index (χ1n) is 6.18. The molecule has 0 aliphatic rings. The van der Waals surface area contributed by atoms with E-state index < -0.39 is 6.10 Å². The van der Waals surface area contributed by atoms with E-state index in [2.05, 4.69) is 28.9 Å². The molecule has 6 nitrogen and oxygen atoms in total. The molecular formula is C13H18N4O2. The van der Waals surface area contributed by atoms with Gasteiger partial charge in [0.25, 0.3) is 0 Å². The average Bonchev–Trinajstić information content (AvgIpc) is 2.87. The molecule has 2 aromatic heterocycles. The second-order valence-corrected chi connectivity index (χ2v) is 4.59. The lowest BCUT2D eigenvalue weighted by Crippen LogP contribution is -2.07. The highest BCUT2D eigenvalue weighted by atomic mass is 16.5. The van der Waals surface area contributed by atoms with Crippen LogP contribution in [-0.4, -0.2) is 32.0 Å². The van der Waals surface area contributed by atoms with Crippen LogP contribution in [0.5, 0.6) is 5.88 Å². The Morgan fingerprint density at radius 1 is 1.37 bits per heavy atom. The standard InChI is InChI=1S/C13H18N4O2/c1-9(2)17-5-4-10(16-17)6-12(18)11-7-13(19-3)15-8-14-11/h4-5,7-9,12,18H,6H2,1-3H3. The summed E-state index contributed by atoms with van der Waals surface area (Å²) in [5.41, 5.74) is 1.37. The minimum atomic E-state index is -0.715. The number of rotatable bonds is 5. The second kappa shape index (κ2) is 5.79. The van der Waals surface area contributed by atoms with E-state index in [1.54, 1.807) is 6.07 Å². The molecule has 102 valence electrons. The van der Waals surface area contributed by atoms with Gasteiger partial charge < -0.3 is 9.84 Å². The van der Waals surface area contributed by atoms with Crippen molar-refractivity contribution in [2.45, 2.75) is 32.4 Å². The Hall–Kier alpha value is -1.95. The van der Waals surface area contributed by atoms with Gasteiger partial charge in [-0.3, -0.25) is 4.68 Å². The van der Waals surface area contributed by atoms with Crippen LogP contribution in [0.2, 0.25) is 0 Å². The van der Waals surface area contributed by atoms with E-state index in [-0.39, 0.29) is 0 Å². The van der Waals surface area contributed by atoms with Gasteiger partial charge in [-0.1, -0.05) is 0 Å². The van der Waals surface area contributed by atoms with Crippen LogP contribution < -0.4 is 4.74 Å². The minimum Gasteiger partial charge on any atom is -0.481 e. The van der Waals surface area contributed by atoms with Crippen LogP contribution in [-0.2, 0) is 6.42 Å². The van der Waals surface area contributed by atoms with Crippen LogP contribution in [0.1, 0.15) is 37.4 Å². The van der Waals surface area contributed by atoms with Gasteiger partial charge in [0.15, 0.2) is 0 Å². The van der Waals surface area contributed by atoms with E-state index >= 15 is 0 Å². The zero-order valence-electron chi connectivity index (χ0n) is 11.3. The van der Waals surface area contributed by atoms with Crippen molar-refractivity contribution >= 4 is 0 Å². The van der Waals surface area contributed by atoms with Crippen molar-refractivity contribution in [3.05, 3.63) is 36.0 Å². The molecule has 2 rings (SSSR count). The Morgan fingerprint density at radius 3 is 2.79 bits per heavy atom. The zero-order chi connectivity index (χ0) is 13.8. The highest BCUT2D eigenvalue weighted by molar-refractivity contribution is 5.17. The molecule has 19 heavy (non-hydrogen) atoms. The third-order valence-corrected chi connectivity index (χ3v) is 2.81. The maximum atomic E-state index is 10.1. The van der Waals surface area contributed by atoms with Gasteiger partial charge in [-0.2, -0.15) is 5.10 Å². The number of methoxy groups -OCH3 is 1. The first-order chi connectivity index (χ1) is 9.10. The van der Waals surface area contributed by atoms with Crippen molar-refractivity contribution in [3.63, 3.8) is 0 Å². The number of ether oxygens (including phenoxy) is 1. The van der Waals surface area contributed by atoms with Gasteiger partial charge >= 0.3 is 0 Å². The lowest BCUT2D eigenvalue weighted by Gasteiger charge is -2.09. The Labute approximate surface area is 112 Å². The first-order valence-corrected chi connectivity index (χ1v) is 6.18. The molecule has 1 atom stereocenters. The molecule has 0 spiro atoms. The minimum absolute atomic E-state index is 0.310. The first kappa shape index (κ1) is 13.5. The van der Waals surface area contributed by atoms with Crippen molar-refractivity contribution in [1.29, 1.82) is 0 Å². The lowest BCUT2D eigenvalue weighted by molar-refractivity contribution is 0.171. The monoisotopic (exact) mass is 262 g/mol. The van der Waals surface area contributed by atoms with E-state index in [0.717, 1.165) is 5.69 Å². The molecule has 0 radical (unpaired) electrons. The van der Waals surface area contributed by atoms with E-state index in [9.17, 15) is 5.11 Å². The smallest absolute Gasteiger partial charge is 0.216 e. The zero-order valence-corrected chi connectivity index (χ0v) is 11.3. The van der Waals surface area contributed by atoms with Crippen molar-refractivity contribution in [1.82, 2.24) is 19.7 Å². The fourth-order valence-corrected chi connectivity index (χ4v) is 1.72. The number of hydrogen-bond donors (Lipinski definition) is 1. The molecule has 0 fully saturated rings. The molecule has 0 aliphatic heterocycles. The topological polar surface area (TPSA) is 73.1 Å². The molecule has 1 unspecified atom stereocenters. The van der Waals surface area contributed by atoms with Crippen LogP contribution in [0, 0.1) is 0 Å². The van der Waals surface area contributed by atoms with Gasteiger partial charge in [-0.15, -0.1) is 0 Å². The molecule has 1 N–H and O–H groups in total. The normalized spacial score (nSPS) is 12.7. The molecule has 0 aliphatic carbocycles. The van der Waals surface area contributed by atoms with Crippen molar-refractivity contribution in [3.8, 4) is 5.88 Å². The van der Waals surface area contributed by atoms with Gasteiger partial charge in [-0.05, 0) is 19.9 Å². The predicted octanol–water partition coefficient (Wildman–Crippen LogP) is 1.54.